The Morgan fingerprint density at radius 2 is 1.19 bits per heavy atom. The standard InChI is InChI=1S/C8H6O4.C8H20P/c9-7(10)5-2-1-3-6(4-5)8(11)12;1-5-9(6-2,7-3)8-4/h1-4H,(H,9,10)(H,11,12);5-8H2,1-4H3/q;+1. The molecule has 0 atom stereocenters. The van der Waals surface area contributed by atoms with E-state index in [4.69, 9.17) is 10.2 Å². The SMILES string of the molecule is CC[P+](CC)(CC)CC.O=C(O)c1cccc(C(=O)O)c1. The van der Waals surface area contributed by atoms with Crippen LogP contribution in [0.25, 0.3) is 0 Å². The number of rotatable bonds is 6. The van der Waals surface area contributed by atoms with Gasteiger partial charge >= 0.3 is 11.9 Å². The molecule has 0 aliphatic heterocycles. The van der Waals surface area contributed by atoms with Crippen molar-refractivity contribution in [2.45, 2.75) is 27.7 Å². The Labute approximate surface area is 127 Å². The van der Waals surface area contributed by atoms with Crippen LogP contribution in [0, 0.1) is 0 Å². The summed E-state index contributed by atoms with van der Waals surface area (Å²) in [6, 6.07) is 5.20. The third-order valence-electron chi connectivity index (χ3n) is 4.04. The molecule has 0 bridgehead atoms. The van der Waals surface area contributed by atoms with Gasteiger partial charge in [-0.2, -0.15) is 0 Å². The van der Waals surface area contributed by atoms with E-state index in [0.717, 1.165) is 6.07 Å². The number of carboxylic acids is 2. The lowest BCUT2D eigenvalue weighted by atomic mass is 10.1. The highest BCUT2D eigenvalue weighted by atomic mass is 31.2. The van der Waals surface area contributed by atoms with Crippen molar-refractivity contribution in [3.05, 3.63) is 35.4 Å². The van der Waals surface area contributed by atoms with Crippen molar-refractivity contribution in [3.63, 3.8) is 0 Å². The van der Waals surface area contributed by atoms with Crippen LogP contribution < -0.4 is 0 Å². The maximum Gasteiger partial charge on any atom is 0.335 e. The Morgan fingerprint density at radius 3 is 1.38 bits per heavy atom. The molecule has 0 aliphatic carbocycles. The largest absolute Gasteiger partial charge is 0.478 e. The van der Waals surface area contributed by atoms with Gasteiger partial charge in [-0.05, 0) is 45.9 Å². The summed E-state index contributed by atoms with van der Waals surface area (Å²) in [7, 11) is -0.420. The molecule has 1 rings (SSSR count). The molecule has 21 heavy (non-hydrogen) atoms. The average molecular weight is 313 g/mol. The van der Waals surface area contributed by atoms with E-state index in [9.17, 15) is 9.59 Å². The number of hydrogen-bond acceptors (Lipinski definition) is 2. The zero-order valence-corrected chi connectivity index (χ0v) is 14.2. The minimum atomic E-state index is -1.13. The first-order chi connectivity index (χ1) is 9.85. The molecule has 118 valence electrons. The Kier molecular flexibility index (Phi) is 8.87. The maximum absolute atomic E-state index is 10.4. The molecule has 2 N–H and O–H groups in total. The lowest BCUT2D eigenvalue weighted by Crippen LogP contribution is -2.04. The van der Waals surface area contributed by atoms with Crippen LogP contribution in [-0.2, 0) is 0 Å². The molecule has 0 amide bonds. The molecule has 0 unspecified atom stereocenters. The number of hydrogen-bond donors (Lipinski definition) is 2. The average Bonchev–Trinajstić information content (AvgIpc) is 2.51. The van der Waals surface area contributed by atoms with E-state index in [2.05, 4.69) is 27.7 Å². The third kappa shape index (κ3) is 6.26. The maximum atomic E-state index is 10.4. The molecule has 0 radical (unpaired) electrons. The number of aromatic carboxylic acids is 2. The first-order valence-electron chi connectivity index (χ1n) is 7.27. The highest BCUT2D eigenvalue weighted by Gasteiger charge is 2.27. The van der Waals surface area contributed by atoms with E-state index < -0.39 is 19.2 Å². The zero-order valence-electron chi connectivity index (χ0n) is 13.3. The molecule has 0 fully saturated rings. The topological polar surface area (TPSA) is 74.6 Å². The van der Waals surface area contributed by atoms with E-state index >= 15 is 0 Å². The minimum Gasteiger partial charge on any atom is -0.478 e. The van der Waals surface area contributed by atoms with Gasteiger partial charge in [0.2, 0.25) is 0 Å². The fraction of sp³-hybridized carbons (Fsp3) is 0.500. The van der Waals surface area contributed by atoms with Crippen LogP contribution in [0.5, 0.6) is 0 Å². The van der Waals surface area contributed by atoms with E-state index in [1.807, 2.05) is 0 Å². The lowest BCUT2D eigenvalue weighted by Gasteiger charge is -2.20. The van der Waals surface area contributed by atoms with Crippen LogP contribution in [0.2, 0.25) is 0 Å². The fourth-order valence-electron chi connectivity index (χ4n) is 2.13. The summed E-state index contributed by atoms with van der Waals surface area (Å²) in [5.41, 5.74) is -0.0372. The van der Waals surface area contributed by atoms with Crippen LogP contribution in [0.4, 0.5) is 0 Å². The molecular formula is C16H26O4P+. The van der Waals surface area contributed by atoms with E-state index in [0.29, 0.717) is 0 Å². The second-order valence-corrected chi connectivity index (χ2v) is 10.0. The first-order valence-corrected chi connectivity index (χ1v) is 9.80. The normalized spacial score (nSPS) is 10.5. The molecular weight excluding hydrogens is 287 g/mol. The second-order valence-electron chi connectivity index (χ2n) is 4.80. The van der Waals surface area contributed by atoms with E-state index in [1.165, 1.54) is 42.8 Å². The molecule has 0 aromatic heterocycles. The van der Waals surface area contributed by atoms with Crippen molar-refractivity contribution < 1.29 is 19.8 Å². The Hall–Kier alpha value is -1.41. The molecule has 0 heterocycles. The minimum absolute atomic E-state index is 0.0186. The molecule has 4 nitrogen and oxygen atoms in total. The summed E-state index contributed by atoms with van der Waals surface area (Å²) in [5.74, 6) is -2.25. The Bertz CT molecular complexity index is 420. The predicted molar refractivity (Wildman–Crippen MR) is 89.4 cm³/mol. The second kappa shape index (κ2) is 9.51. The van der Waals surface area contributed by atoms with Gasteiger partial charge in [-0.25, -0.2) is 9.59 Å². The van der Waals surface area contributed by atoms with Crippen LogP contribution in [0.1, 0.15) is 48.4 Å². The summed E-state index contributed by atoms with van der Waals surface area (Å²) < 4.78 is 0. The van der Waals surface area contributed by atoms with Crippen molar-refractivity contribution in [1.82, 2.24) is 0 Å². The summed E-state index contributed by atoms with van der Waals surface area (Å²) >= 11 is 0. The first kappa shape index (κ1) is 19.6. The van der Waals surface area contributed by atoms with Crippen molar-refractivity contribution in [2.24, 2.45) is 0 Å². The van der Waals surface area contributed by atoms with Crippen LogP contribution >= 0.6 is 7.26 Å². The quantitative estimate of drug-likeness (QED) is 0.773. The lowest BCUT2D eigenvalue weighted by molar-refractivity contribution is 0.0696. The summed E-state index contributed by atoms with van der Waals surface area (Å²) in [4.78, 5) is 20.8. The Balaban J connectivity index is 0.000000400. The molecule has 5 heteroatoms. The highest BCUT2D eigenvalue weighted by Crippen LogP contribution is 2.57. The van der Waals surface area contributed by atoms with Gasteiger partial charge in [-0.3, -0.25) is 0 Å². The fourth-order valence-corrected chi connectivity index (χ4v) is 4.81. The Morgan fingerprint density at radius 1 is 0.857 bits per heavy atom. The number of carboxylic acid groups (broad SMARTS) is 2. The third-order valence-corrected chi connectivity index (χ3v) is 9.41. The summed E-state index contributed by atoms with van der Waals surface area (Å²) in [6.45, 7) is 9.41. The molecule has 0 saturated heterocycles. The number of carbonyl (C=O) groups is 2. The van der Waals surface area contributed by atoms with Gasteiger partial charge in [0.1, 0.15) is 0 Å². The zero-order chi connectivity index (χ0) is 16.5. The van der Waals surface area contributed by atoms with Crippen molar-refractivity contribution in [3.8, 4) is 0 Å². The van der Waals surface area contributed by atoms with Crippen molar-refractivity contribution in [2.75, 3.05) is 24.6 Å². The van der Waals surface area contributed by atoms with Gasteiger partial charge in [-0.1, -0.05) is 6.07 Å². The van der Waals surface area contributed by atoms with Gasteiger partial charge in [0.15, 0.2) is 0 Å². The van der Waals surface area contributed by atoms with E-state index in [1.54, 1.807) is 0 Å². The van der Waals surface area contributed by atoms with Crippen LogP contribution in [0.15, 0.2) is 24.3 Å². The summed E-state index contributed by atoms with van der Waals surface area (Å²) in [6.07, 6.45) is 5.82. The number of benzene rings is 1. The van der Waals surface area contributed by atoms with Crippen molar-refractivity contribution in [1.29, 1.82) is 0 Å². The van der Waals surface area contributed by atoms with Crippen molar-refractivity contribution >= 4 is 19.2 Å². The van der Waals surface area contributed by atoms with Gasteiger partial charge < -0.3 is 10.2 Å². The predicted octanol–water partition coefficient (Wildman–Crippen LogP) is 4.17. The molecule has 0 saturated carbocycles. The molecule has 1 aromatic carbocycles. The molecule has 0 spiro atoms. The monoisotopic (exact) mass is 313 g/mol. The van der Waals surface area contributed by atoms with Gasteiger partial charge in [0.25, 0.3) is 0 Å². The highest BCUT2D eigenvalue weighted by molar-refractivity contribution is 7.75. The van der Waals surface area contributed by atoms with Gasteiger partial charge in [0, 0.05) is 7.26 Å². The van der Waals surface area contributed by atoms with Gasteiger partial charge in [-0.15, -0.1) is 0 Å². The molecule has 0 aliphatic rings. The van der Waals surface area contributed by atoms with Gasteiger partial charge in [0.05, 0.1) is 35.8 Å². The van der Waals surface area contributed by atoms with Crippen LogP contribution in [-0.4, -0.2) is 46.8 Å². The van der Waals surface area contributed by atoms with Crippen LogP contribution in [0.3, 0.4) is 0 Å². The molecule has 1 aromatic rings. The summed E-state index contributed by atoms with van der Waals surface area (Å²) in [5, 5.41) is 17.0. The smallest absolute Gasteiger partial charge is 0.335 e. The van der Waals surface area contributed by atoms with E-state index in [-0.39, 0.29) is 11.1 Å².